The van der Waals surface area contributed by atoms with Crippen LogP contribution in [0.1, 0.15) is 47.5 Å². The van der Waals surface area contributed by atoms with Gasteiger partial charge in [0.25, 0.3) is 0 Å². The Balaban J connectivity index is 3.09. The molecular formula is C13H22NO2+. The maximum Gasteiger partial charge on any atom is 0.185 e. The normalized spacial score (nSPS) is 21.9. The van der Waals surface area contributed by atoms with Crippen molar-refractivity contribution in [2.45, 2.75) is 53.5 Å². The summed E-state index contributed by atoms with van der Waals surface area (Å²) in [5, 5.41) is 9.96. The molecule has 0 saturated carbocycles. The molecule has 0 aromatic heterocycles. The van der Waals surface area contributed by atoms with Crippen molar-refractivity contribution in [1.82, 2.24) is 0 Å². The Labute approximate surface area is 97.3 Å². The van der Waals surface area contributed by atoms with Crippen LogP contribution < -0.4 is 4.99 Å². The first-order valence-corrected chi connectivity index (χ1v) is 5.79. The number of hydrogen-bond acceptors (Lipinski definition) is 2. The molecule has 0 aromatic rings. The van der Waals surface area contributed by atoms with Crippen LogP contribution in [0.4, 0.5) is 0 Å². The first-order valence-electron chi connectivity index (χ1n) is 5.79. The molecule has 90 valence electrons. The molecule has 0 atom stereocenters. The average Bonchev–Trinajstić information content (AvgIpc) is 1.96. The molecule has 0 saturated heterocycles. The lowest BCUT2D eigenvalue weighted by molar-refractivity contribution is -0.493. The molecule has 1 rings (SSSR count). The van der Waals surface area contributed by atoms with E-state index in [-0.39, 0.29) is 23.0 Å². The van der Waals surface area contributed by atoms with Crippen LogP contribution in [-0.4, -0.2) is 22.6 Å². The van der Waals surface area contributed by atoms with E-state index in [0.717, 1.165) is 5.71 Å². The molecular weight excluding hydrogens is 202 g/mol. The fourth-order valence-corrected chi connectivity index (χ4v) is 2.22. The second-order valence-electron chi connectivity index (χ2n) is 5.69. The summed E-state index contributed by atoms with van der Waals surface area (Å²) in [4.78, 5) is 15.1. The van der Waals surface area contributed by atoms with Gasteiger partial charge < -0.3 is 5.11 Å². The van der Waals surface area contributed by atoms with Gasteiger partial charge in [-0.1, -0.05) is 13.8 Å². The Morgan fingerprint density at radius 3 is 2.38 bits per heavy atom. The summed E-state index contributed by atoms with van der Waals surface area (Å²) < 4.78 is 0. The smallest absolute Gasteiger partial charge is 0.185 e. The zero-order valence-electron chi connectivity index (χ0n) is 10.8. The minimum absolute atomic E-state index is 0.0411. The van der Waals surface area contributed by atoms with E-state index < -0.39 is 0 Å². The van der Waals surface area contributed by atoms with Crippen molar-refractivity contribution in [3.8, 4) is 0 Å². The highest BCUT2D eigenvalue weighted by Gasteiger charge is 2.35. The van der Waals surface area contributed by atoms with E-state index in [2.05, 4.69) is 4.99 Å². The third kappa shape index (κ3) is 2.94. The molecule has 1 aliphatic carbocycles. The van der Waals surface area contributed by atoms with Crippen molar-refractivity contribution in [2.24, 2.45) is 5.41 Å². The van der Waals surface area contributed by atoms with Gasteiger partial charge >= 0.3 is 0 Å². The monoisotopic (exact) mass is 224 g/mol. The molecule has 3 nitrogen and oxygen atoms in total. The minimum Gasteiger partial charge on any atom is -0.511 e. The van der Waals surface area contributed by atoms with Gasteiger partial charge in [-0.15, -0.1) is 0 Å². The summed E-state index contributed by atoms with van der Waals surface area (Å²) >= 11 is 0. The van der Waals surface area contributed by atoms with Gasteiger partial charge in [0.2, 0.25) is 0 Å². The standard InChI is InChI=1S/C13H21NO2/c1-8(2)14-9(3)12-10(15)6-13(4,5)7-11(12)16/h8,15H,6-7H2,1-5H3/p+1. The average molecular weight is 224 g/mol. The van der Waals surface area contributed by atoms with Gasteiger partial charge in [0, 0.05) is 19.8 Å². The van der Waals surface area contributed by atoms with Gasteiger partial charge in [0.05, 0.1) is 0 Å². The molecule has 1 aliphatic rings. The molecule has 0 amide bonds. The van der Waals surface area contributed by atoms with Crippen molar-refractivity contribution >= 4 is 11.5 Å². The topological polar surface area (TPSA) is 51.3 Å². The molecule has 0 bridgehead atoms. The SMILES string of the molecule is CC(=[NH+]C(C)C)C1=C(O)CC(C)(C)CC1=O. The third-order valence-corrected chi connectivity index (χ3v) is 2.73. The Hall–Kier alpha value is -1.12. The number of aliphatic hydroxyl groups excluding tert-OH is 1. The highest BCUT2D eigenvalue weighted by Crippen LogP contribution is 2.35. The summed E-state index contributed by atoms with van der Waals surface area (Å²) in [6.07, 6.45) is 1.08. The highest BCUT2D eigenvalue weighted by atomic mass is 16.3. The van der Waals surface area contributed by atoms with Crippen LogP contribution >= 0.6 is 0 Å². The zero-order valence-corrected chi connectivity index (χ0v) is 10.8. The van der Waals surface area contributed by atoms with Gasteiger partial charge in [-0.25, -0.2) is 4.99 Å². The summed E-state index contributed by atoms with van der Waals surface area (Å²) in [5.74, 6) is 0.270. The van der Waals surface area contributed by atoms with Gasteiger partial charge in [-0.05, 0) is 19.3 Å². The first kappa shape index (κ1) is 12.9. The molecule has 16 heavy (non-hydrogen) atoms. The Morgan fingerprint density at radius 1 is 1.38 bits per heavy atom. The lowest BCUT2D eigenvalue weighted by Gasteiger charge is -2.28. The third-order valence-electron chi connectivity index (χ3n) is 2.73. The molecule has 0 aromatic carbocycles. The summed E-state index contributed by atoms with van der Waals surface area (Å²) in [6, 6.07) is 0.267. The second kappa shape index (κ2) is 4.40. The van der Waals surface area contributed by atoms with E-state index in [0.29, 0.717) is 18.4 Å². The molecule has 0 heterocycles. The highest BCUT2D eigenvalue weighted by molar-refractivity contribution is 6.20. The first-order chi connectivity index (χ1) is 7.23. The van der Waals surface area contributed by atoms with E-state index in [4.69, 9.17) is 0 Å². The van der Waals surface area contributed by atoms with Crippen molar-refractivity contribution in [3.05, 3.63) is 11.3 Å². The molecule has 2 N–H and O–H groups in total. The summed E-state index contributed by atoms with van der Waals surface area (Å²) in [5.41, 5.74) is 1.16. The van der Waals surface area contributed by atoms with E-state index in [1.54, 1.807) is 0 Å². The van der Waals surface area contributed by atoms with Crippen molar-refractivity contribution in [1.29, 1.82) is 0 Å². The lowest BCUT2D eigenvalue weighted by Crippen LogP contribution is -2.78. The number of rotatable bonds is 2. The van der Waals surface area contributed by atoms with Crippen molar-refractivity contribution in [2.75, 3.05) is 0 Å². The van der Waals surface area contributed by atoms with Gasteiger partial charge in [0.15, 0.2) is 11.5 Å². The number of hydrogen-bond donors (Lipinski definition) is 2. The van der Waals surface area contributed by atoms with Crippen molar-refractivity contribution < 1.29 is 14.9 Å². The maximum atomic E-state index is 12.0. The number of carbonyl (C=O) groups is 1. The molecule has 3 heteroatoms. The van der Waals surface area contributed by atoms with Crippen LogP contribution in [0.15, 0.2) is 11.3 Å². The van der Waals surface area contributed by atoms with E-state index in [1.165, 1.54) is 0 Å². The Bertz CT molecular complexity index is 362. The molecule has 0 aliphatic heterocycles. The second-order valence-corrected chi connectivity index (χ2v) is 5.69. The van der Waals surface area contributed by atoms with E-state index >= 15 is 0 Å². The van der Waals surface area contributed by atoms with E-state index in [1.807, 2.05) is 34.6 Å². The largest absolute Gasteiger partial charge is 0.511 e. The van der Waals surface area contributed by atoms with Gasteiger partial charge in [-0.3, -0.25) is 4.79 Å². The van der Waals surface area contributed by atoms with Crippen LogP contribution in [0.25, 0.3) is 0 Å². The maximum absolute atomic E-state index is 12.0. The predicted molar refractivity (Wildman–Crippen MR) is 64.5 cm³/mol. The number of nitrogens with one attached hydrogen (secondary N) is 1. The van der Waals surface area contributed by atoms with E-state index in [9.17, 15) is 9.90 Å². The van der Waals surface area contributed by atoms with Crippen LogP contribution in [-0.2, 0) is 4.79 Å². The minimum atomic E-state index is -0.122. The van der Waals surface area contributed by atoms with Crippen molar-refractivity contribution in [3.63, 3.8) is 0 Å². The Morgan fingerprint density at radius 2 is 1.94 bits per heavy atom. The summed E-state index contributed by atoms with van der Waals surface area (Å²) in [7, 11) is 0. The molecule has 0 unspecified atom stereocenters. The van der Waals surface area contributed by atoms with Crippen LogP contribution in [0.2, 0.25) is 0 Å². The summed E-state index contributed by atoms with van der Waals surface area (Å²) in [6.45, 7) is 9.88. The molecule has 0 fully saturated rings. The van der Waals surface area contributed by atoms with Crippen LogP contribution in [0.3, 0.4) is 0 Å². The lowest BCUT2D eigenvalue weighted by atomic mass is 9.76. The fourth-order valence-electron chi connectivity index (χ4n) is 2.22. The quantitative estimate of drug-likeness (QED) is 0.691. The fraction of sp³-hybridized carbons (Fsp3) is 0.692. The van der Waals surface area contributed by atoms with Gasteiger partial charge in [0.1, 0.15) is 17.4 Å². The number of carbonyl (C=O) groups excluding carboxylic acids is 1. The zero-order chi connectivity index (χ0) is 12.5. The van der Waals surface area contributed by atoms with Gasteiger partial charge in [-0.2, -0.15) is 0 Å². The Kier molecular flexibility index (Phi) is 3.56. The number of allylic oxidation sites excluding steroid dienone is 2. The number of aliphatic hydroxyl groups is 1. The molecule has 0 spiro atoms. The number of Topliss-reactive ketones (excluding diaryl/α,β-unsaturated/α-hetero) is 1. The molecule has 0 radical (unpaired) electrons. The van der Waals surface area contributed by atoms with Crippen LogP contribution in [0, 0.1) is 5.41 Å². The van der Waals surface area contributed by atoms with Crippen LogP contribution in [0.5, 0.6) is 0 Å². The predicted octanol–water partition coefficient (Wildman–Crippen LogP) is 1.14. The number of ketones is 1.